The fraction of sp³-hybridized carbons (Fsp3) is 0.227. The number of benzene rings is 2. The monoisotopic (exact) mass is 345 g/mol. The molecule has 2 aromatic carbocycles. The van der Waals surface area contributed by atoms with Gasteiger partial charge in [0.1, 0.15) is 0 Å². The van der Waals surface area contributed by atoms with Gasteiger partial charge >= 0.3 is 0 Å². The van der Waals surface area contributed by atoms with Gasteiger partial charge in [0.2, 0.25) is 0 Å². The van der Waals surface area contributed by atoms with Crippen molar-refractivity contribution in [2.45, 2.75) is 18.9 Å². The summed E-state index contributed by atoms with van der Waals surface area (Å²) in [6.07, 6.45) is 6.12. The van der Waals surface area contributed by atoms with E-state index < -0.39 is 0 Å². The molecular formula is C22H23N3O. The highest BCUT2D eigenvalue weighted by molar-refractivity contribution is 5.94. The minimum atomic E-state index is 0.114. The second-order valence-electron chi connectivity index (χ2n) is 6.74. The van der Waals surface area contributed by atoms with Crippen molar-refractivity contribution in [1.82, 2.24) is 9.47 Å². The van der Waals surface area contributed by atoms with E-state index in [1.54, 1.807) is 0 Å². The van der Waals surface area contributed by atoms with E-state index in [1.807, 2.05) is 76.5 Å². The van der Waals surface area contributed by atoms with Crippen LogP contribution in [0.4, 0.5) is 5.69 Å². The van der Waals surface area contributed by atoms with E-state index in [0.29, 0.717) is 6.04 Å². The average Bonchev–Trinajstić information content (AvgIpc) is 3.23. The number of para-hydroxylation sites is 1. The molecule has 4 rings (SSSR count). The molecule has 132 valence electrons. The van der Waals surface area contributed by atoms with Crippen molar-refractivity contribution in [2.24, 2.45) is 0 Å². The molecule has 1 N–H and O–H groups in total. The van der Waals surface area contributed by atoms with Crippen molar-refractivity contribution in [3.8, 4) is 5.69 Å². The van der Waals surface area contributed by atoms with Gasteiger partial charge in [-0.25, -0.2) is 0 Å². The first-order chi connectivity index (χ1) is 12.8. The summed E-state index contributed by atoms with van der Waals surface area (Å²) in [6, 6.07) is 22.3. The Morgan fingerprint density at radius 2 is 1.65 bits per heavy atom. The quantitative estimate of drug-likeness (QED) is 0.770. The molecule has 1 amide bonds. The van der Waals surface area contributed by atoms with Crippen LogP contribution in [0, 0.1) is 0 Å². The Morgan fingerprint density at radius 3 is 2.38 bits per heavy atom. The number of nitrogens with zero attached hydrogens (tertiary/aromatic N) is 2. The maximum atomic E-state index is 12.9. The maximum Gasteiger partial charge on any atom is 0.253 e. The van der Waals surface area contributed by atoms with Crippen LogP contribution >= 0.6 is 0 Å². The van der Waals surface area contributed by atoms with E-state index in [0.717, 1.165) is 42.9 Å². The van der Waals surface area contributed by atoms with Gasteiger partial charge in [-0.05, 0) is 61.4 Å². The van der Waals surface area contributed by atoms with Crippen LogP contribution in [0.15, 0.2) is 79.1 Å². The van der Waals surface area contributed by atoms with Crippen molar-refractivity contribution in [3.63, 3.8) is 0 Å². The van der Waals surface area contributed by atoms with Crippen molar-refractivity contribution >= 4 is 11.6 Å². The Kier molecular flexibility index (Phi) is 4.73. The minimum Gasteiger partial charge on any atom is -0.381 e. The number of anilines is 1. The van der Waals surface area contributed by atoms with Crippen LogP contribution in [0.25, 0.3) is 5.69 Å². The fourth-order valence-electron chi connectivity index (χ4n) is 3.51. The molecule has 0 bridgehead atoms. The van der Waals surface area contributed by atoms with Gasteiger partial charge in [0.05, 0.1) is 0 Å². The van der Waals surface area contributed by atoms with Crippen molar-refractivity contribution < 1.29 is 4.79 Å². The summed E-state index contributed by atoms with van der Waals surface area (Å²) in [7, 11) is 0. The van der Waals surface area contributed by atoms with E-state index >= 15 is 0 Å². The van der Waals surface area contributed by atoms with E-state index in [1.165, 1.54) is 0 Å². The Balaban J connectivity index is 1.42. The normalized spacial score (nSPS) is 17.1. The molecule has 0 spiro atoms. The van der Waals surface area contributed by atoms with E-state index in [4.69, 9.17) is 0 Å². The van der Waals surface area contributed by atoms with Crippen LogP contribution in [0.1, 0.15) is 23.2 Å². The van der Waals surface area contributed by atoms with Gasteiger partial charge in [-0.3, -0.25) is 4.79 Å². The lowest BCUT2D eigenvalue weighted by atomic mass is 10.0. The van der Waals surface area contributed by atoms with E-state index in [2.05, 4.69) is 17.4 Å². The lowest BCUT2D eigenvalue weighted by Crippen LogP contribution is -2.45. The predicted molar refractivity (Wildman–Crippen MR) is 105 cm³/mol. The lowest BCUT2D eigenvalue weighted by Gasteiger charge is -2.33. The number of rotatable bonds is 4. The summed E-state index contributed by atoms with van der Waals surface area (Å²) < 4.78 is 2.04. The Labute approximate surface area is 154 Å². The maximum absolute atomic E-state index is 12.9. The highest BCUT2D eigenvalue weighted by atomic mass is 16.2. The molecule has 0 radical (unpaired) electrons. The van der Waals surface area contributed by atoms with Crippen LogP contribution in [0.3, 0.4) is 0 Å². The van der Waals surface area contributed by atoms with Gasteiger partial charge in [-0.1, -0.05) is 18.2 Å². The number of hydrogen-bond acceptors (Lipinski definition) is 2. The third kappa shape index (κ3) is 3.64. The Morgan fingerprint density at radius 1 is 0.923 bits per heavy atom. The van der Waals surface area contributed by atoms with Crippen LogP contribution < -0.4 is 5.32 Å². The van der Waals surface area contributed by atoms with Crippen molar-refractivity contribution in [3.05, 3.63) is 84.7 Å². The predicted octanol–water partition coefficient (Wildman–Crippen LogP) is 4.19. The van der Waals surface area contributed by atoms with Crippen LogP contribution in [-0.4, -0.2) is 34.5 Å². The molecule has 2 heterocycles. The summed E-state index contributed by atoms with van der Waals surface area (Å²) in [5.74, 6) is 0.114. The zero-order valence-electron chi connectivity index (χ0n) is 14.7. The number of piperidine rings is 1. The smallest absolute Gasteiger partial charge is 0.253 e. The topological polar surface area (TPSA) is 37.3 Å². The number of nitrogens with one attached hydrogen (secondary N) is 1. The van der Waals surface area contributed by atoms with Gasteiger partial charge in [0.15, 0.2) is 0 Å². The molecule has 4 nitrogen and oxygen atoms in total. The SMILES string of the molecule is O=C(c1ccc(-n2cccc2)cc1)N1CCCC(Nc2ccccc2)C1. The largest absolute Gasteiger partial charge is 0.381 e. The second-order valence-corrected chi connectivity index (χ2v) is 6.74. The first kappa shape index (κ1) is 16.5. The summed E-state index contributed by atoms with van der Waals surface area (Å²) in [4.78, 5) is 14.9. The first-order valence-corrected chi connectivity index (χ1v) is 9.14. The molecule has 3 aromatic rings. The number of likely N-dealkylation sites (tertiary alicyclic amines) is 1. The third-order valence-electron chi connectivity index (χ3n) is 4.87. The molecule has 1 fully saturated rings. The van der Waals surface area contributed by atoms with Crippen molar-refractivity contribution in [1.29, 1.82) is 0 Å². The minimum absolute atomic E-state index is 0.114. The van der Waals surface area contributed by atoms with Crippen LogP contribution in [0.5, 0.6) is 0 Å². The molecule has 1 atom stereocenters. The van der Waals surface area contributed by atoms with Crippen LogP contribution in [-0.2, 0) is 0 Å². The number of carbonyl (C=O) groups excluding carboxylic acids is 1. The molecular weight excluding hydrogens is 322 g/mol. The molecule has 1 unspecified atom stereocenters. The van der Waals surface area contributed by atoms with Crippen LogP contribution in [0.2, 0.25) is 0 Å². The van der Waals surface area contributed by atoms with Gasteiger partial charge in [-0.15, -0.1) is 0 Å². The molecule has 1 aliphatic heterocycles. The van der Waals surface area contributed by atoms with Gasteiger partial charge < -0.3 is 14.8 Å². The summed E-state index contributed by atoms with van der Waals surface area (Å²) in [5, 5.41) is 3.55. The first-order valence-electron chi connectivity index (χ1n) is 9.14. The highest BCUT2D eigenvalue weighted by Gasteiger charge is 2.24. The standard InChI is InChI=1S/C22H23N3O/c26-22(18-10-12-21(13-11-18)24-14-4-5-15-24)25-16-6-9-20(17-25)23-19-7-2-1-3-8-19/h1-5,7-8,10-15,20,23H,6,9,16-17H2. The number of amides is 1. The molecule has 0 aliphatic carbocycles. The van der Waals surface area contributed by atoms with Crippen molar-refractivity contribution in [2.75, 3.05) is 18.4 Å². The lowest BCUT2D eigenvalue weighted by molar-refractivity contribution is 0.0715. The zero-order chi connectivity index (χ0) is 17.8. The third-order valence-corrected chi connectivity index (χ3v) is 4.87. The molecule has 1 aliphatic rings. The number of hydrogen-bond donors (Lipinski definition) is 1. The molecule has 4 heteroatoms. The zero-order valence-corrected chi connectivity index (χ0v) is 14.7. The van der Waals surface area contributed by atoms with E-state index in [9.17, 15) is 4.79 Å². The summed E-state index contributed by atoms with van der Waals surface area (Å²) in [6.45, 7) is 1.57. The molecule has 0 saturated carbocycles. The number of aromatic nitrogens is 1. The van der Waals surface area contributed by atoms with Gasteiger partial charge in [0, 0.05) is 48.5 Å². The summed E-state index contributed by atoms with van der Waals surface area (Å²) >= 11 is 0. The second kappa shape index (κ2) is 7.48. The van der Waals surface area contributed by atoms with Gasteiger partial charge in [0.25, 0.3) is 5.91 Å². The number of carbonyl (C=O) groups is 1. The Bertz CT molecular complexity index is 841. The Hall–Kier alpha value is -3.01. The fourth-order valence-corrected chi connectivity index (χ4v) is 3.51. The van der Waals surface area contributed by atoms with E-state index in [-0.39, 0.29) is 5.91 Å². The summed E-state index contributed by atoms with van der Waals surface area (Å²) in [5.41, 5.74) is 2.93. The molecule has 1 saturated heterocycles. The highest BCUT2D eigenvalue weighted by Crippen LogP contribution is 2.19. The molecule has 1 aromatic heterocycles. The average molecular weight is 345 g/mol. The molecule has 26 heavy (non-hydrogen) atoms. The van der Waals surface area contributed by atoms with Gasteiger partial charge in [-0.2, -0.15) is 0 Å².